The van der Waals surface area contributed by atoms with Crippen LogP contribution >= 0.6 is 12.4 Å². The van der Waals surface area contributed by atoms with Crippen LogP contribution in [0.15, 0.2) is 18.2 Å². The maximum Gasteiger partial charge on any atom is 0.224 e. The molecule has 2 N–H and O–H groups in total. The third-order valence-electron chi connectivity index (χ3n) is 5.45. The highest BCUT2D eigenvalue weighted by molar-refractivity contribution is 5.85. The molecule has 140 valence electrons. The van der Waals surface area contributed by atoms with E-state index in [0.717, 1.165) is 43.7 Å². The summed E-state index contributed by atoms with van der Waals surface area (Å²) in [6.07, 6.45) is 3.28. The Morgan fingerprint density at radius 2 is 2.08 bits per heavy atom. The summed E-state index contributed by atoms with van der Waals surface area (Å²) in [6.45, 7) is 6.64. The van der Waals surface area contributed by atoms with Crippen molar-refractivity contribution in [3.05, 3.63) is 23.8 Å². The van der Waals surface area contributed by atoms with Gasteiger partial charge >= 0.3 is 0 Å². The van der Waals surface area contributed by atoms with Gasteiger partial charge in [0.1, 0.15) is 0 Å². The van der Waals surface area contributed by atoms with Crippen molar-refractivity contribution < 1.29 is 14.3 Å². The lowest BCUT2D eigenvalue weighted by molar-refractivity contribution is -0.123. The van der Waals surface area contributed by atoms with E-state index in [0.29, 0.717) is 12.4 Å². The topological polar surface area (TPSA) is 59.6 Å². The molecule has 2 unspecified atom stereocenters. The van der Waals surface area contributed by atoms with Crippen molar-refractivity contribution in [1.29, 1.82) is 0 Å². The fourth-order valence-electron chi connectivity index (χ4n) is 3.82. The Hall–Kier alpha value is -1.46. The van der Waals surface area contributed by atoms with E-state index in [-0.39, 0.29) is 35.7 Å². The molecule has 1 aromatic rings. The number of carbonyl (C=O) groups is 1. The van der Waals surface area contributed by atoms with E-state index >= 15 is 0 Å². The quantitative estimate of drug-likeness (QED) is 0.810. The van der Waals surface area contributed by atoms with Crippen LogP contribution in [-0.4, -0.2) is 32.7 Å². The number of ether oxygens (including phenoxy) is 2. The fraction of sp³-hybridized carbons (Fsp3) is 0.632. The van der Waals surface area contributed by atoms with Crippen molar-refractivity contribution in [1.82, 2.24) is 10.6 Å². The molecule has 0 radical (unpaired) electrons. The van der Waals surface area contributed by atoms with E-state index in [9.17, 15) is 4.79 Å². The lowest BCUT2D eigenvalue weighted by atomic mass is 9.91. The Labute approximate surface area is 156 Å². The maximum atomic E-state index is 12.6. The van der Waals surface area contributed by atoms with E-state index in [1.54, 1.807) is 7.11 Å². The first-order chi connectivity index (χ1) is 11.6. The van der Waals surface area contributed by atoms with Crippen molar-refractivity contribution >= 4 is 18.3 Å². The molecule has 1 spiro atoms. The van der Waals surface area contributed by atoms with E-state index in [2.05, 4.69) is 10.6 Å². The van der Waals surface area contributed by atoms with Crippen LogP contribution in [0, 0.1) is 11.3 Å². The highest BCUT2D eigenvalue weighted by atomic mass is 35.5. The summed E-state index contributed by atoms with van der Waals surface area (Å²) in [6, 6.07) is 5.81. The number of amides is 1. The second-order valence-electron chi connectivity index (χ2n) is 6.94. The van der Waals surface area contributed by atoms with Gasteiger partial charge < -0.3 is 20.1 Å². The molecule has 6 heteroatoms. The minimum absolute atomic E-state index is 0. The van der Waals surface area contributed by atoms with Gasteiger partial charge in [-0.25, -0.2) is 0 Å². The highest BCUT2D eigenvalue weighted by Gasteiger charge is 2.57. The highest BCUT2D eigenvalue weighted by Crippen LogP contribution is 2.58. The molecule has 2 aliphatic rings. The molecule has 1 saturated heterocycles. The number of carbonyl (C=O) groups excluding carboxylic acids is 1. The molecule has 5 nitrogen and oxygen atoms in total. The molecule has 3 rings (SSSR count). The van der Waals surface area contributed by atoms with Gasteiger partial charge in [-0.15, -0.1) is 12.4 Å². The predicted molar refractivity (Wildman–Crippen MR) is 101 cm³/mol. The smallest absolute Gasteiger partial charge is 0.224 e. The molecule has 1 aromatic carbocycles. The maximum absolute atomic E-state index is 12.6. The number of benzene rings is 1. The number of halogens is 1. The molecule has 2 fully saturated rings. The minimum Gasteiger partial charge on any atom is -0.493 e. The Balaban J connectivity index is 0.00000225. The number of nitrogens with one attached hydrogen (secondary N) is 2. The van der Waals surface area contributed by atoms with Gasteiger partial charge in [-0.05, 0) is 69.3 Å². The largest absolute Gasteiger partial charge is 0.493 e. The summed E-state index contributed by atoms with van der Waals surface area (Å²) in [5.41, 5.74) is 1.30. The molecule has 1 aliphatic carbocycles. The third-order valence-corrected chi connectivity index (χ3v) is 5.45. The lowest BCUT2D eigenvalue weighted by Crippen LogP contribution is -2.34. The fourth-order valence-corrected chi connectivity index (χ4v) is 3.82. The molecular weight excluding hydrogens is 340 g/mol. The Kier molecular flexibility index (Phi) is 6.58. The van der Waals surface area contributed by atoms with Crippen LogP contribution in [-0.2, 0) is 4.79 Å². The van der Waals surface area contributed by atoms with Crippen molar-refractivity contribution in [2.45, 2.75) is 39.2 Å². The number of methoxy groups -OCH3 is 1. The molecule has 2 atom stereocenters. The predicted octanol–water partition coefficient (Wildman–Crippen LogP) is 3.08. The zero-order chi connectivity index (χ0) is 17.2. The number of piperidine rings is 1. The van der Waals surface area contributed by atoms with Crippen LogP contribution in [0.5, 0.6) is 11.5 Å². The van der Waals surface area contributed by atoms with E-state index in [1.165, 1.54) is 0 Å². The average molecular weight is 369 g/mol. The van der Waals surface area contributed by atoms with Crippen molar-refractivity contribution in [2.75, 3.05) is 26.8 Å². The first kappa shape index (κ1) is 19.9. The zero-order valence-corrected chi connectivity index (χ0v) is 16.1. The number of rotatable bonds is 6. The molecular formula is C19H29ClN2O3. The van der Waals surface area contributed by atoms with Crippen molar-refractivity contribution in [3.63, 3.8) is 0 Å². The van der Waals surface area contributed by atoms with E-state index in [4.69, 9.17) is 9.47 Å². The Morgan fingerprint density at radius 1 is 1.36 bits per heavy atom. The summed E-state index contributed by atoms with van der Waals surface area (Å²) in [4.78, 5) is 12.6. The van der Waals surface area contributed by atoms with Gasteiger partial charge in [0.15, 0.2) is 11.5 Å². The van der Waals surface area contributed by atoms with Crippen LogP contribution in [0.3, 0.4) is 0 Å². The second kappa shape index (κ2) is 8.28. The number of hydrogen-bond donors (Lipinski definition) is 2. The van der Waals surface area contributed by atoms with E-state index in [1.807, 2.05) is 32.0 Å². The first-order valence-corrected chi connectivity index (χ1v) is 8.91. The standard InChI is InChI=1S/C19H28N2O3.ClH/c1-4-24-16-6-5-14(11-17(16)23-3)13(2)21-18(22)15-12-19(15)7-9-20-10-8-19;/h5-6,11,13,15,20H,4,7-10,12H2,1-3H3,(H,21,22);1H. The normalized spacial score (nSPS) is 21.8. The number of hydrogen-bond acceptors (Lipinski definition) is 4. The van der Waals surface area contributed by atoms with Gasteiger partial charge in [-0.3, -0.25) is 4.79 Å². The molecule has 1 saturated carbocycles. The van der Waals surface area contributed by atoms with Crippen LogP contribution in [0.1, 0.15) is 44.7 Å². The SMILES string of the molecule is CCOc1ccc(C(C)NC(=O)C2CC23CCNCC3)cc1OC.Cl. The van der Waals surface area contributed by atoms with Crippen LogP contribution in [0.25, 0.3) is 0 Å². The van der Waals surface area contributed by atoms with Crippen LogP contribution in [0.2, 0.25) is 0 Å². The van der Waals surface area contributed by atoms with Gasteiger partial charge in [0.2, 0.25) is 5.91 Å². The second-order valence-corrected chi connectivity index (χ2v) is 6.94. The minimum atomic E-state index is -0.0403. The average Bonchev–Trinajstić information content (AvgIpc) is 3.29. The molecule has 1 heterocycles. The monoisotopic (exact) mass is 368 g/mol. The van der Waals surface area contributed by atoms with E-state index < -0.39 is 0 Å². The summed E-state index contributed by atoms with van der Waals surface area (Å²) in [5, 5.41) is 6.55. The first-order valence-electron chi connectivity index (χ1n) is 8.91. The Bertz CT molecular complexity index is 602. The molecule has 0 bridgehead atoms. The van der Waals surface area contributed by atoms with Crippen molar-refractivity contribution in [3.8, 4) is 11.5 Å². The zero-order valence-electron chi connectivity index (χ0n) is 15.3. The summed E-state index contributed by atoms with van der Waals surface area (Å²) in [5.74, 6) is 1.82. The van der Waals surface area contributed by atoms with Crippen molar-refractivity contribution in [2.24, 2.45) is 11.3 Å². The van der Waals surface area contributed by atoms with Gasteiger partial charge in [-0.2, -0.15) is 0 Å². The lowest BCUT2D eigenvalue weighted by Gasteiger charge is -2.24. The molecule has 1 aliphatic heterocycles. The molecule has 25 heavy (non-hydrogen) atoms. The van der Waals surface area contributed by atoms with Crippen LogP contribution in [0.4, 0.5) is 0 Å². The molecule has 0 aromatic heterocycles. The van der Waals surface area contributed by atoms with Crippen LogP contribution < -0.4 is 20.1 Å². The summed E-state index contributed by atoms with van der Waals surface area (Å²) in [7, 11) is 1.63. The van der Waals surface area contributed by atoms with Gasteiger partial charge in [0.25, 0.3) is 0 Å². The van der Waals surface area contributed by atoms with Gasteiger partial charge in [-0.1, -0.05) is 6.07 Å². The summed E-state index contributed by atoms with van der Waals surface area (Å²) < 4.78 is 10.9. The summed E-state index contributed by atoms with van der Waals surface area (Å²) >= 11 is 0. The molecule has 1 amide bonds. The Morgan fingerprint density at radius 3 is 2.72 bits per heavy atom. The third kappa shape index (κ3) is 4.21. The van der Waals surface area contributed by atoms with Gasteiger partial charge in [0.05, 0.1) is 19.8 Å². The van der Waals surface area contributed by atoms with Gasteiger partial charge in [0, 0.05) is 5.92 Å².